The Balaban J connectivity index is 1.88. The molecule has 0 bridgehead atoms. The monoisotopic (exact) mass is 531 g/mol. The van der Waals surface area contributed by atoms with Gasteiger partial charge >= 0.3 is 12.1 Å². The summed E-state index contributed by atoms with van der Waals surface area (Å²) in [4.78, 5) is 64.2. The van der Waals surface area contributed by atoms with Crippen molar-refractivity contribution in [2.75, 3.05) is 13.7 Å². The van der Waals surface area contributed by atoms with Gasteiger partial charge in [0.15, 0.2) is 5.66 Å². The van der Waals surface area contributed by atoms with Gasteiger partial charge in [-0.15, -0.1) is 0 Å². The van der Waals surface area contributed by atoms with Crippen LogP contribution < -0.4 is 10.6 Å². The van der Waals surface area contributed by atoms with Crippen molar-refractivity contribution in [2.24, 2.45) is 0 Å². The molecule has 0 saturated carbocycles. The summed E-state index contributed by atoms with van der Waals surface area (Å²) in [7, 11) is 1.03. The molecule has 3 rings (SSSR count). The highest BCUT2D eigenvalue weighted by Crippen LogP contribution is 2.26. The summed E-state index contributed by atoms with van der Waals surface area (Å²) < 4.78 is 42.0. The molecule has 1 unspecified atom stereocenters. The number of carbonyl (C=O) groups excluding carboxylic acids is 5. The average Bonchev–Trinajstić information content (AvgIpc) is 3.14. The number of hydrogen-bond donors (Lipinski definition) is 2. The molecule has 0 fully saturated rings. The van der Waals surface area contributed by atoms with Crippen LogP contribution in [0.1, 0.15) is 33.2 Å². The van der Waals surface area contributed by atoms with Crippen LogP contribution in [0.3, 0.4) is 0 Å². The third kappa shape index (κ3) is 6.14. The first-order valence-electron chi connectivity index (χ1n) is 11.3. The maximum absolute atomic E-state index is 13.6. The summed E-state index contributed by atoms with van der Waals surface area (Å²) in [6.07, 6.45) is -4.04. The normalized spacial score (nSPS) is 15.7. The second kappa shape index (κ2) is 11.4. The standard InChI is InChI=1S/C26H24F3N3O6/c1-25(24(37)38-2,30-14-8-13-20(33)26(27,28)29)31-21(34)19(15-16-9-4-3-5-10-16)32-22(35)17-11-6-7-12-18(17)23(32)36/h3-13,19,30H,14-15H2,1-2H3,(H,31,34)/t19?,25-/m0/s1. The molecule has 1 aliphatic heterocycles. The summed E-state index contributed by atoms with van der Waals surface area (Å²) in [5.74, 6) is -5.40. The fourth-order valence-corrected chi connectivity index (χ4v) is 3.85. The van der Waals surface area contributed by atoms with Crippen LogP contribution in [-0.4, -0.2) is 65.9 Å². The van der Waals surface area contributed by atoms with Crippen molar-refractivity contribution in [1.29, 1.82) is 0 Å². The minimum absolute atomic E-state index is 0.0879. The molecule has 0 saturated heterocycles. The number of esters is 1. The van der Waals surface area contributed by atoms with E-state index in [1.165, 1.54) is 19.1 Å². The van der Waals surface area contributed by atoms with Crippen molar-refractivity contribution in [3.8, 4) is 0 Å². The lowest BCUT2D eigenvalue weighted by Gasteiger charge is -2.32. The summed E-state index contributed by atoms with van der Waals surface area (Å²) >= 11 is 0. The number of hydrogen-bond acceptors (Lipinski definition) is 7. The molecule has 2 atom stereocenters. The second-order valence-corrected chi connectivity index (χ2v) is 8.48. The van der Waals surface area contributed by atoms with E-state index in [9.17, 15) is 37.1 Å². The van der Waals surface area contributed by atoms with Crippen LogP contribution in [0, 0.1) is 0 Å². The number of amides is 3. The van der Waals surface area contributed by atoms with Crippen molar-refractivity contribution in [1.82, 2.24) is 15.5 Å². The number of fused-ring (bicyclic) bond motifs is 1. The number of imide groups is 1. The molecule has 0 radical (unpaired) electrons. The Morgan fingerprint density at radius 3 is 2.05 bits per heavy atom. The van der Waals surface area contributed by atoms with Gasteiger partial charge in [0.05, 0.1) is 18.2 Å². The van der Waals surface area contributed by atoms with E-state index >= 15 is 0 Å². The molecule has 3 amide bonds. The first-order valence-corrected chi connectivity index (χ1v) is 11.3. The highest BCUT2D eigenvalue weighted by atomic mass is 19.4. The van der Waals surface area contributed by atoms with Gasteiger partial charge in [-0.2, -0.15) is 13.2 Å². The Labute approximate surface area is 215 Å². The van der Waals surface area contributed by atoms with Crippen molar-refractivity contribution in [3.63, 3.8) is 0 Å². The fraction of sp³-hybridized carbons (Fsp3) is 0.269. The molecule has 2 aromatic carbocycles. The van der Waals surface area contributed by atoms with Crippen LogP contribution >= 0.6 is 0 Å². The minimum atomic E-state index is -5.06. The summed E-state index contributed by atoms with van der Waals surface area (Å²) in [6.45, 7) is 0.752. The van der Waals surface area contributed by atoms with Crippen molar-refractivity contribution in [3.05, 3.63) is 83.4 Å². The van der Waals surface area contributed by atoms with Gasteiger partial charge in [-0.05, 0) is 30.7 Å². The van der Waals surface area contributed by atoms with Gasteiger partial charge in [-0.25, -0.2) is 4.79 Å². The van der Waals surface area contributed by atoms with E-state index < -0.39 is 53.9 Å². The highest BCUT2D eigenvalue weighted by Gasteiger charge is 2.45. The lowest BCUT2D eigenvalue weighted by molar-refractivity contribution is -0.165. The lowest BCUT2D eigenvalue weighted by Crippen LogP contribution is -2.65. The number of ether oxygens (including phenoxy) is 1. The largest absolute Gasteiger partial charge is 0.466 e. The SMILES string of the molecule is COC(=O)[C@@](C)(NCC=CC(=O)C(F)(F)F)NC(=O)C(Cc1ccccc1)N1C(=O)c2ccccc2C1=O. The molecule has 2 aromatic rings. The highest BCUT2D eigenvalue weighted by molar-refractivity contribution is 6.23. The maximum atomic E-state index is 13.6. The topological polar surface area (TPSA) is 122 Å². The molecular weight excluding hydrogens is 507 g/mol. The molecule has 2 N–H and O–H groups in total. The van der Waals surface area contributed by atoms with E-state index in [2.05, 4.69) is 10.6 Å². The Hall–Kier alpha value is -4.32. The van der Waals surface area contributed by atoms with Gasteiger partial charge in [0.25, 0.3) is 17.6 Å². The molecule has 0 aliphatic carbocycles. The van der Waals surface area contributed by atoms with Gasteiger partial charge < -0.3 is 10.1 Å². The first-order chi connectivity index (χ1) is 17.9. The molecule has 9 nitrogen and oxygen atoms in total. The summed E-state index contributed by atoms with van der Waals surface area (Å²) in [5, 5.41) is 4.95. The van der Waals surface area contributed by atoms with Gasteiger partial charge in [0, 0.05) is 13.0 Å². The third-order valence-electron chi connectivity index (χ3n) is 5.80. The van der Waals surface area contributed by atoms with Gasteiger partial charge in [0.2, 0.25) is 5.91 Å². The van der Waals surface area contributed by atoms with Crippen LogP contribution in [0.2, 0.25) is 0 Å². The second-order valence-electron chi connectivity index (χ2n) is 8.48. The summed E-state index contributed by atoms with van der Waals surface area (Å²) in [6, 6.07) is 13.2. The van der Waals surface area contributed by atoms with Crippen molar-refractivity contribution in [2.45, 2.75) is 31.2 Å². The number of halogens is 3. The molecule has 38 heavy (non-hydrogen) atoms. The number of nitrogens with one attached hydrogen (secondary N) is 2. The van der Waals surface area contributed by atoms with Crippen molar-refractivity contribution < 1.29 is 41.9 Å². The van der Waals surface area contributed by atoms with E-state index in [0.717, 1.165) is 18.1 Å². The molecule has 200 valence electrons. The van der Waals surface area contributed by atoms with E-state index in [1.807, 2.05) is 0 Å². The number of benzene rings is 2. The smallest absolute Gasteiger partial charge is 0.454 e. The predicted molar refractivity (Wildman–Crippen MR) is 128 cm³/mol. The summed E-state index contributed by atoms with van der Waals surface area (Å²) in [5.41, 5.74) is -1.13. The maximum Gasteiger partial charge on any atom is 0.454 e. The number of carbonyl (C=O) groups is 5. The van der Waals surface area contributed by atoms with E-state index in [0.29, 0.717) is 5.56 Å². The molecule has 12 heteroatoms. The predicted octanol–water partition coefficient (Wildman–Crippen LogP) is 2.18. The number of allylic oxidation sites excluding steroid dienone is 1. The molecule has 1 heterocycles. The van der Waals surface area contributed by atoms with Crippen molar-refractivity contribution >= 4 is 29.5 Å². The van der Waals surface area contributed by atoms with Gasteiger partial charge in [-0.1, -0.05) is 48.5 Å². The lowest BCUT2D eigenvalue weighted by atomic mass is 10.0. The Kier molecular flexibility index (Phi) is 8.46. The molecule has 0 spiro atoms. The number of alkyl halides is 3. The number of rotatable bonds is 10. The van der Waals surface area contributed by atoms with E-state index in [4.69, 9.17) is 4.74 Å². The first kappa shape index (κ1) is 28.3. The zero-order valence-electron chi connectivity index (χ0n) is 20.4. The van der Waals surface area contributed by atoms with Crippen LogP contribution in [0.5, 0.6) is 0 Å². The van der Waals surface area contributed by atoms with Gasteiger partial charge in [-0.3, -0.25) is 29.4 Å². The number of nitrogens with zero attached hydrogens (tertiary/aromatic N) is 1. The van der Waals surface area contributed by atoms with Crippen LogP contribution in [0.15, 0.2) is 66.7 Å². The average molecular weight is 531 g/mol. The minimum Gasteiger partial charge on any atom is -0.466 e. The van der Waals surface area contributed by atoms with E-state index in [-0.39, 0.29) is 23.6 Å². The fourth-order valence-electron chi connectivity index (χ4n) is 3.85. The number of methoxy groups -OCH3 is 1. The van der Waals surface area contributed by atoms with E-state index in [1.54, 1.807) is 42.5 Å². The third-order valence-corrected chi connectivity index (χ3v) is 5.80. The molecule has 0 aromatic heterocycles. The van der Waals surface area contributed by atoms with Crippen LogP contribution in [0.25, 0.3) is 0 Å². The molecular formula is C26H24F3N3O6. The molecule has 1 aliphatic rings. The number of ketones is 1. The van der Waals surface area contributed by atoms with Crippen LogP contribution in [-0.2, 0) is 25.5 Å². The Morgan fingerprint density at radius 2 is 1.53 bits per heavy atom. The zero-order chi connectivity index (χ0) is 28.1. The Bertz CT molecular complexity index is 1240. The Morgan fingerprint density at radius 1 is 0.974 bits per heavy atom. The van der Waals surface area contributed by atoms with Crippen LogP contribution in [0.4, 0.5) is 13.2 Å². The quantitative estimate of drug-likeness (QED) is 0.209. The zero-order valence-corrected chi connectivity index (χ0v) is 20.4. The van der Waals surface area contributed by atoms with Gasteiger partial charge in [0.1, 0.15) is 6.04 Å².